The van der Waals surface area contributed by atoms with Crippen molar-refractivity contribution in [1.29, 1.82) is 0 Å². The van der Waals surface area contributed by atoms with Gasteiger partial charge in [0, 0.05) is 35.1 Å². The third-order valence-corrected chi connectivity index (χ3v) is 5.76. The van der Waals surface area contributed by atoms with E-state index in [4.69, 9.17) is 9.47 Å². The first kappa shape index (κ1) is 23.6. The molecule has 0 bridgehead atoms. The Kier molecular flexibility index (Phi) is 6.33. The molecule has 0 aliphatic heterocycles. The Balaban J connectivity index is 1.55. The van der Waals surface area contributed by atoms with E-state index in [0.717, 1.165) is 16.1 Å². The van der Waals surface area contributed by atoms with Crippen molar-refractivity contribution >= 4 is 28.5 Å². The molecule has 9 heteroatoms. The number of aryl methyl sites for hydroxylation is 2. The molecule has 0 radical (unpaired) electrons. The zero-order valence-corrected chi connectivity index (χ0v) is 19.7. The van der Waals surface area contributed by atoms with E-state index in [1.54, 1.807) is 61.5 Å². The van der Waals surface area contributed by atoms with Crippen molar-refractivity contribution in [1.82, 2.24) is 14.3 Å². The highest BCUT2D eigenvalue weighted by molar-refractivity contribution is 6.04. The van der Waals surface area contributed by atoms with E-state index < -0.39 is 18.5 Å². The molecule has 2 heterocycles. The number of methoxy groups -OCH3 is 1. The lowest BCUT2D eigenvalue weighted by Crippen LogP contribution is -2.24. The Morgan fingerprint density at radius 1 is 0.943 bits per heavy atom. The zero-order valence-electron chi connectivity index (χ0n) is 19.7. The molecule has 35 heavy (non-hydrogen) atoms. The van der Waals surface area contributed by atoms with Gasteiger partial charge in [-0.15, -0.1) is 0 Å². The fourth-order valence-corrected chi connectivity index (χ4v) is 4.03. The van der Waals surface area contributed by atoms with Gasteiger partial charge in [0.15, 0.2) is 12.3 Å². The number of aromatic nitrogens is 3. The molecule has 0 saturated heterocycles. The molecule has 2 aromatic carbocycles. The van der Waals surface area contributed by atoms with Gasteiger partial charge in [-0.25, -0.2) is 14.3 Å². The number of ether oxygens (including phenoxy) is 2. The number of benzene rings is 2. The first-order valence-corrected chi connectivity index (χ1v) is 10.8. The second-order valence-corrected chi connectivity index (χ2v) is 7.98. The Bertz CT molecular complexity index is 1530. The van der Waals surface area contributed by atoms with Gasteiger partial charge in [-0.05, 0) is 50.2 Å². The number of fused-ring (bicyclic) bond motifs is 1. The number of rotatable bonds is 6. The minimum atomic E-state index is -0.794. The standard InChI is InChI=1S/C26H23N3O6/c1-15-13-21(16(2)29(15)18-11-9-17(10-12-18)25(32)34-4)22(30)14-35-26(33)23-19-7-5-6-8-20(19)24(31)28(3)27-23/h5-13H,14H2,1-4H3. The van der Waals surface area contributed by atoms with Gasteiger partial charge in [0.05, 0.1) is 18.1 Å². The van der Waals surface area contributed by atoms with Crippen LogP contribution in [0.1, 0.15) is 42.6 Å². The molecule has 0 fully saturated rings. The SMILES string of the molecule is COC(=O)c1ccc(-n2c(C)cc(C(=O)COC(=O)c3nn(C)c(=O)c4ccccc34)c2C)cc1. The Morgan fingerprint density at radius 3 is 2.26 bits per heavy atom. The monoisotopic (exact) mass is 473 g/mol. The van der Waals surface area contributed by atoms with Crippen LogP contribution in [0.5, 0.6) is 0 Å². The second kappa shape index (κ2) is 9.38. The van der Waals surface area contributed by atoms with Crippen molar-refractivity contribution in [2.75, 3.05) is 13.7 Å². The Hall–Kier alpha value is -4.53. The Labute approximate surface area is 200 Å². The molecule has 0 amide bonds. The first-order chi connectivity index (χ1) is 16.7. The number of ketones is 1. The topological polar surface area (TPSA) is 109 Å². The summed E-state index contributed by atoms with van der Waals surface area (Å²) in [7, 11) is 2.77. The highest BCUT2D eigenvalue weighted by Crippen LogP contribution is 2.22. The highest BCUT2D eigenvalue weighted by Gasteiger charge is 2.21. The highest BCUT2D eigenvalue weighted by atomic mass is 16.5. The third kappa shape index (κ3) is 4.35. The van der Waals surface area contributed by atoms with Crippen molar-refractivity contribution in [3.8, 4) is 5.69 Å². The maximum Gasteiger partial charge on any atom is 0.359 e. The lowest BCUT2D eigenvalue weighted by atomic mass is 10.1. The molecular formula is C26H23N3O6. The van der Waals surface area contributed by atoms with Crippen LogP contribution in [0, 0.1) is 13.8 Å². The molecule has 2 aromatic heterocycles. The number of carbonyl (C=O) groups excluding carboxylic acids is 3. The molecule has 0 unspecified atom stereocenters. The molecule has 4 rings (SSSR count). The van der Waals surface area contributed by atoms with Crippen LogP contribution < -0.4 is 5.56 Å². The van der Waals surface area contributed by atoms with Gasteiger partial charge in [-0.1, -0.05) is 18.2 Å². The largest absolute Gasteiger partial charge is 0.465 e. The molecule has 4 aromatic rings. The van der Waals surface area contributed by atoms with Crippen LogP contribution in [0.2, 0.25) is 0 Å². The van der Waals surface area contributed by atoms with Gasteiger partial charge in [0.25, 0.3) is 5.56 Å². The van der Waals surface area contributed by atoms with Gasteiger partial charge in [0.2, 0.25) is 5.78 Å². The van der Waals surface area contributed by atoms with E-state index in [2.05, 4.69) is 5.10 Å². The van der Waals surface area contributed by atoms with Crippen molar-refractivity contribution in [3.05, 3.63) is 93.2 Å². The zero-order chi connectivity index (χ0) is 25.3. The molecule has 0 aliphatic rings. The minimum Gasteiger partial charge on any atom is -0.465 e. The van der Waals surface area contributed by atoms with Crippen LogP contribution >= 0.6 is 0 Å². The van der Waals surface area contributed by atoms with Gasteiger partial charge in [-0.3, -0.25) is 9.59 Å². The molecule has 0 aliphatic carbocycles. The summed E-state index contributed by atoms with van der Waals surface area (Å²) in [5.74, 6) is -1.61. The fourth-order valence-electron chi connectivity index (χ4n) is 4.03. The molecule has 0 atom stereocenters. The number of esters is 2. The molecule has 0 N–H and O–H groups in total. The average Bonchev–Trinajstić information content (AvgIpc) is 3.17. The van der Waals surface area contributed by atoms with Crippen LogP contribution in [-0.4, -0.2) is 45.8 Å². The van der Waals surface area contributed by atoms with Crippen molar-refractivity contribution in [3.63, 3.8) is 0 Å². The van der Waals surface area contributed by atoms with E-state index in [1.165, 1.54) is 14.2 Å². The van der Waals surface area contributed by atoms with Crippen LogP contribution in [0.4, 0.5) is 0 Å². The molecule has 0 spiro atoms. The van der Waals surface area contributed by atoms with Gasteiger partial charge >= 0.3 is 11.9 Å². The summed E-state index contributed by atoms with van der Waals surface area (Å²) in [6, 6.07) is 15.1. The first-order valence-electron chi connectivity index (χ1n) is 10.8. The van der Waals surface area contributed by atoms with Crippen molar-refractivity contribution in [2.24, 2.45) is 7.05 Å². The third-order valence-electron chi connectivity index (χ3n) is 5.76. The second-order valence-electron chi connectivity index (χ2n) is 7.98. The molecular weight excluding hydrogens is 450 g/mol. The smallest absolute Gasteiger partial charge is 0.359 e. The van der Waals surface area contributed by atoms with Crippen LogP contribution in [0.25, 0.3) is 16.5 Å². The number of hydrogen-bond donors (Lipinski definition) is 0. The van der Waals surface area contributed by atoms with Crippen molar-refractivity contribution in [2.45, 2.75) is 13.8 Å². The normalized spacial score (nSPS) is 10.9. The van der Waals surface area contributed by atoms with E-state index in [9.17, 15) is 19.2 Å². The average molecular weight is 473 g/mol. The summed E-state index contributed by atoms with van der Waals surface area (Å²) in [4.78, 5) is 49.7. The number of nitrogens with zero attached hydrogens (tertiary/aromatic N) is 3. The summed E-state index contributed by atoms with van der Waals surface area (Å²) >= 11 is 0. The lowest BCUT2D eigenvalue weighted by molar-refractivity contribution is 0.0468. The number of carbonyl (C=O) groups is 3. The molecule has 0 saturated carbocycles. The number of Topliss-reactive ketones (excluding diaryl/α,β-unsaturated/α-hetero) is 1. The Morgan fingerprint density at radius 2 is 1.60 bits per heavy atom. The molecule has 178 valence electrons. The fraction of sp³-hybridized carbons (Fsp3) is 0.192. The maximum absolute atomic E-state index is 12.9. The van der Waals surface area contributed by atoms with Gasteiger partial charge in [0.1, 0.15) is 0 Å². The predicted molar refractivity (Wildman–Crippen MR) is 128 cm³/mol. The van der Waals surface area contributed by atoms with Gasteiger partial charge in [-0.2, -0.15) is 5.10 Å². The minimum absolute atomic E-state index is 0.0355. The summed E-state index contributed by atoms with van der Waals surface area (Å²) in [5.41, 5.74) is 2.69. The van der Waals surface area contributed by atoms with E-state index >= 15 is 0 Å². The molecule has 9 nitrogen and oxygen atoms in total. The lowest BCUT2D eigenvalue weighted by Gasteiger charge is -2.11. The maximum atomic E-state index is 12.9. The van der Waals surface area contributed by atoms with Crippen LogP contribution in [0.15, 0.2) is 59.4 Å². The summed E-state index contributed by atoms with van der Waals surface area (Å²) in [6.07, 6.45) is 0. The predicted octanol–water partition coefficient (Wildman–Crippen LogP) is 3.17. The summed E-state index contributed by atoms with van der Waals surface area (Å²) in [5, 5.41) is 4.73. The van der Waals surface area contributed by atoms with E-state index in [0.29, 0.717) is 27.6 Å². The summed E-state index contributed by atoms with van der Waals surface area (Å²) in [6.45, 7) is 3.16. The van der Waals surface area contributed by atoms with Crippen molar-refractivity contribution < 1.29 is 23.9 Å². The van der Waals surface area contributed by atoms with Crippen LogP contribution in [0.3, 0.4) is 0 Å². The van der Waals surface area contributed by atoms with Crippen LogP contribution in [-0.2, 0) is 16.5 Å². The van der Waals surface area contributed by atoms with Gasteiger partial charge < -0.3 is 14.0 Å². The van der Waals surface area contributed by atoms with E-state index in [1.807, 2.05) is 11.5 Å². The summed E-state index contributed by atoms with van der Waals surface area (Å²) < 4.78 is 13.0. The number of hydrogen-bond acceptors (Lipinski definition) is 7. The quantitative estimate of drug-likeness (QED) is 0.313. The van der Waals surface area contributed by atoms with E-state index in [-0.39, 0.29) is 17.0 Å².